The molecular formula is C26H34ClN3O5. The van der Waals surface area contributed by atoms with Crippen molar-refractivity contribution in [1.82, 2.24) is 4.90 Å². The molecule has 3 rings (SSSR count). The highest BCUT2D eigenvalue weighted by molar-refractivity contribution is 6.31. The van der Waals surface area contributed by atoms with E-state index in [0.29, 0.717) is 85.9 Å². The molecule has 0 saturated carbocycles. The third kappa shape index (κ3) is 6.51. The molecule has 1 aliphatic rings. The second-order valence-electron chi connectivity index (χ2n) is 7.94. The van der Waals surface area contributed by atoms with Crippen LogP contribution in [-0.2, 0) is 4.79 Å². The van der Waals surface area contributed by atoms with Gasteiger partial charge in [-0.15, -0.1) is 0 Å². The van der Waals surface area contributed by atoms with Crippen LogP contribution in [0.4, 0.5) is 11.4 Å². The number of hydrogen-bond acceptors (Lipinski definition) is 6. The third-order valence-corrected chi connectivity index (χ3v) is 5.89. The Labute approximate surface area is 212 Å². The monoisotopic (exact) mass is 503 g/mol. The Morgan fingerprint density at radius 2 is 1.49 bits per heavy atom. The van der Waals surface area contributed by atoms with Gasteiger partial charge in [-0.2, -0.15) is 0 Å². The largest absolute Gasteiger partial charge is 0.490 e. The number of ether oxygens (including phenoxy) is 3. The lowest BCUT2D eigenvalue weighted by Gasteiger charge is -2.37. The normalized spacial score (nSPS) is 13.4. The number of nitrogens with zero attached hydrogens (tertiary/aromatic N) is 2. The molecule has 0 radical (unpaired) electrons. The first-order chi connectivity index (χ1) is 16.9. The molecule has 0 aromatic heterocycles. The van der Waals surface area contributed by atoms with E-state index in [1.807, 2.05) is 38.7 Å². The van der Waals surface area contributed by atoms with Crippen LogP contribution in [0.1, 0.15) is 44.5 Å². The fourth-order valence-electron chi connectivity index (χ4n) is 4.02. The zero-order chi connectivity index (χ0) is 25.4. The Morgan fingerprint density at radius 3 is 2.03 bits per heavy atom. The number of carbonyl (C=O) groups is 2. The van der Waals surface area contributed by atoms with Crippen molar-refractivity contribution >= 4 is 34.8 Å². The predicted octanol–water partition coefficient (Wildman–Crippen LogP) is 4.85. The van der Waals surface area contributed by atoms with Crippen molar-refractivity contribution in [3.05, 3.63) is 40.9 Å². The molecule has 1 heterocycles. The molecule has 9 heteroatoms. The summed E-state index contributed by atoms with van der Waals surface area (Å²) in [4.78, 5) is 29.4. The molecule has 35 heavy (non-hydrogen) atoms. The van der Waals surface area contributed by atoms with Gasteiger partial charge >= 0.3 is 0 Å². The lowest BCUT2D eigenvalue weighted by atomic mass is 10.1. The van der Waals surface area contributed by atoms with E-state index in [-0.39, 0.29) is 11.8 Å². The summed E-state index contributed by atoms with van der Waals surface area (Å²) in [6, 6.07) is 8.75. The second-order valence-corrected chi connectivity index (χ2v) is 8.37. The van der Waals surface area contributed by atoms with Gasteiger partial charge in [0.05, 0.1) is 31.2 Å². The van der Waals surface area contributed by atoms with Gasteiger partial charge in [0.2, 0.25) is 11.7 Å². The highest BCUT2D eigenvalue weighted by atomic mass is 35.5. The summed E-state index contributed by atoms with van der Waals surface area (Å²) >= 11 is 6.28. The van der Waals surface area contributed by atoms with Crippen molar-refractivity contribution in [2.24, 2.45) is 0 Å². The van der Waals surface area contributed by atoms with Crippen LogP contribution in [0, 0.1) is 0 Å². The molecule has 190 valence electrons. The minimum Gasteiger partial charge on any atom is -0.490 e. The average Bonchev–Trinajstić information content (AvgIpc) is 2.86. The molecule has 2 aromatic carbocycles. The molecule has 2 aromatic rings. The average molecular weight is 504 g/mol. The summed E-state index contributed by atoms with van der Waals surface area (Å²) in [7, 11) is 0. The van der Waals surface area contributed by atoms with E-state index in [2.05, 4.69) is 10.2 Å². The number of hydrogen-bond donors (Lipinski definition) is 1. The summed E-state index contributed by atoms with van der Waals surface area (Å²) in [5.41, 5.74) is 1.83. The Kier molecular flexibility index (Phi) is 9.48. The first kappa shape index (κ1) is 26.5. The molecule has 0 unspecified atom stereocenters. The van der Waals surface area contributed by atoms with E-state index in [4.69, 9.17) is 25.8 Å². The fourth-order valence-corrected chi connectivity index (χ4v) is 4.19. The summed E-state index contributed by atoms with van der Waals surface area (Å²) in [6.07, 6.45) is 0.498. The van der Waals surface area contributed by atoms with Crippen LogP contribution in [0.15, 0.2) is 30.3 Å². The highest BCUT2D eigenvalue weighted by Crippen LogP contribution is 2.39. The summed E-state index contributed by atoms with van der Waals surface area (Å²) in [5, 5.41) is 3.52. The number of benzene rings is 2. The minimum atomic E-state index is -0.321. The molecular weight excluding hydrogens is 470 g/mol. The smallest absolute Gasteiger partial charge is 0.255 e. The van der Waals surface area contributed by atoms with Gasteiger partial charge in [-0.05, 0) is 51.1 Å². The van der Waals surface area contributed by atoms with Gasteiger partial charge in [0.15, 0.2) is 11.5 Å². The Bertz CT molecular complexity index is 1010. The van der Waals surface area contributed by atoms with Crippen LogP contribution in [0.5, 0.6) is 17.2 Å². The first-order valence-corrected chi connectivity index (χ1v) is 12.5. The van der Waals surface area contributed by atoms with Crippen LogP contribution in [0.2, 0.25) is 5.02 Å². The van der Waals surface area contributed by atoms with Gasteiger partial charge in [-0.25, -0.2) is 0 Å². The number of nitrogens with one attached hydrogen (secondary N) is 1. The van der Waals surface area contributed by atoms with Crippen LogP contribution in [-0.4, -0.2) is 62.7 Å². The van der Waals surface area contributed by atoms with Gasteiger partial charge in [0.25, 0.3) is 5.91 Å². The van der Waals surface area contributed by atoms with E-state index in [1.54, 1.807) is 24.3 Å². The zero-order valence-electron chi connectivity index (χ0n) is 20.9. The maximum atomic E-state index is 13.3. The second kappa shape index (κ2) is 12.5. The van der Waals surface area contributed by atoms with Gasteiger partial charge in [0, 0.05) is 43.2 Å². The van der Waals surface area contributed by atoms with Crippen molar-refractivity contribution in [2.75, 3.05) is 56.2 Å². The Balaban J connectivity index is 1.87. The quantitative estimate of drug-likeness (QED) is 0.499. The van der Waals surface area contributed by atoms with Crippen LogP contribution in [0.3, 0.4) is 0 Å². The number of carbonyl (C=O) groups excluding carboxylic acids is 2. The van der Waals surface area contributed by atoms with Crippen molar-refractivity contribution < 1.29 is 23.8 Å². The lowest BCUT2D eigenvalue weighted by Crippen LogP contribution is -2.48. The maximum Gasteiger partial charge on any atom is 0.255 e. The van der Waals surface area contributed by atoms with Crippen LogP contribution in [0.25, 0.3) is 0 Å². The molecule has 0 atom stereocenters. The molecule has 8 nitrogen and oxygen atoms in total. The van der Waals surface area contributed by atoms with Gasteiger partial charge < -0.3 is 29.3 Å². The summed E-state index contributed by atoms with van der Waals surface area (Å²) in [6.45, 7) is 11.4. The van der Waals surface area contributed by atoms with Crippen molar-refractivity contribution in [1.29, 1.82) is 0 Å². The van der Waals surface area contributed by atoms with E-state index in [0.717, 1.165) is 5.69 Å². The van der Waals surface area contributed by atoms with E-state index >= 15 is 0 Å². The van der Waals surface area contributed by atoms with Crippen molar-refractivity contribution in [3.8, 4) is 17.2 Å². The van der Waals surface area contributed by atoms with E-state index in [9.17, 15) is 9.59 Å². The zero-order valence-corrected chi connectivity index (χ0v) is 21.6. The highest BCUT2D eigenvalue weighted by Gasteiger charge is 2.24. The molecule has 1 fully saturated rings. The van der Waals surface area contributed by atoms with Gasteiger partial charge in [-0.1, -0.05) is 18.5 Å². The molecule has 0 aliphatic carbocycles. The fraction of sp³-hybridized carbons (Fsp3) is 0.462. The summed E-state index contributed by atoms with van der Waals surface area (Å²) < 4.78 is 17.2. The van der Waals surface area contributed by atoms with Crippen LogP contribution >= 0.6 is 11.6 Å². The Morgan fingerprint density at radius 1 is 0.886 bits per heavy atom. The van der Waals surface area contributed by atoms with Gasteiger partial charge in [-0.3, -0.25) is 9.59 Å². The Hall–Kier alpha value is -3.13. The van der Waals surface area contributed by atoms with E-state index < -0.39 is 0 Å². The van der Waals surface area contributed by atoms with Crippen molar-refractivity contribution in [3.63, 3.8) is 0 Å². The number of amides is 2. The molecule has 1 N–H and O–H groups in total. The molecule has 1 aliphatic heterocycles. The third-order valence-electron chi connectivity index (χ3n) is 5.65. The standard InChI is InChI=1S/C26H34ClN3O5/c1-5-24(31)30-13-11-29(12-14-30)21-10-9-19(27)17-20(21)28-26(32)18-15-22(33-6-2)25(35-8-4)23(16-18)34-7-3/h9-10,15-17H,5-8,11-14H2,1-4H3,(H,28,32). The molecule has 0 spiro atoms. The summed E-state index contributed by atoms with van der Waals surface area (Å²) in [5.74, 6) is 1.22. The number of rotatable bonds is 10. The minimum absolute atomic E-state index is 0.153. The van der Waals surface area contributed by atoms with Crippen molar-refractivity contribution in [2.45, 2.75) is 34.1 Å². The first-order valence-electron chi connectivity index (χ1n) is 12.1. The maximum absolute atomic E-state index is 13.3. The number of anilines is 2. The topological polar surface area (TPSA) is 80.3 Å². The molecule has 0 bridgehead atoms. The SMILES string of the molecule is CCOc1cc(C(=O)Nc2cc(Cl)ccc2N2CCN(C(=O)CC)CC2)cc(OCC)c1OCC. The molecule has 2 amide bonds. The van der Waals surface area contributed by atoms with Gasteiger partial charge in [0.1, 0.15) is 0 Å². The predicted molar refractivity (Wildman–Crippen MR) is 138 cm³/mol. The van der Waals surface area contributed by atoms with Crippen LogP contribution < -0.4 is 24.4 Å². The lowest BCUT2D eigenvalue weighted by molar-refractivity contribution is -0.131. The number of piperazine rings is 1. The number of halogens is 1. The molecule has 1 saturated heterocycles. The van der Waals surface area contributed by atoms with E-state index in [1.165, 1.54) is 0 Å².